The molecule has 0 saturated heterocycles. The van der Waals surface area contributed by atoms with Crippen molar-refractivity contribution in [2.75, 3.05) is 4.90 Å². The summed E-state index contributed by atoms with van der Waals surface area (Å²) in [6.45, 7) is 0. The molecule has 2 heterocycles. The monoisotopic (exact) mass is 892 g/mol. The highest BCUT2D eigenvalue weighted by molar-refractivity contribution is 6.15. The molecule has 13 aromatic rings. The van der Waals surface area contributed by atoms with Crippen molar-refractivity contribution < 1.29 is 4.42 Å². The lowest BCUT2D eigenvalue weighted by molar-refractivity contribution is 0.669. The van der Waals surface area contributed by atoms with E-state index in [1.165, 1.54) is 55.2 Å². The van der Waals surface area contributed by atoms with E-state index in [0.717, 1.165) is 66.9 Å². The number of fused-ring (bicyclic) bond motifs is 9. The quantitative estimate of drug-likeness (QED) is 0.152. The van der Waals surface area contributed by atoms with Crippen LogP contribution >= 0.6 is 0 Å². The summed E-state index contributed by atoms with van der Waals surface area (Å²) in [5, 5.41) is 4.58. The van der Waals surface area contributed by atoms with E-state index in [-0.39, 0.29) is 0 Å². The summed E-state index contributed by atoms with van der Waals surface area (Å²) in [5.74, 6) is 0. The second-order valence-corrected chi connectivity index (χ2v) is 18.4. The molecule has 0 N–H and O–H groups in total. The zero-order valence-electron chi connectivity index (χ0n) is 38.2. The van der Waals surface area contributed by atoms with Crippen molar-refractivity contribution in [2.24, 2.45) is 0 Å². The van der Waals surface area contributed by atoms with E-state index in [0.29, 0.717) is 0 Å². The summed E-state index contributed by atoms with van der Waals surface area (Å²) < 4.78 is 9.21. The van der Waals surface area contributed by atoms with Crippen LogP contribution in [0.3, 0.4) is 0 Å². The van der Waals surface area contributed by atoms with Gasteiger partial charge in [-0.2, -0.15) is 0 Å². The van der Waals surface area contributed by atoms with E-state index < -0.39 is 5.41 Å². The molecule has 328 valence electrons. The molecule has 3 heteroatoms. The van der Waals surface area contributed by atoms with Gasteiger partial charge >= 0.3 is 0 Å². The van der Waals surface area contributed by atoms with Gasteiger partial charge in [0.2, 0.25) is 0 Å². The number of furan rings is 1. The van der Waals surface area contributed by atoms with Crippen LogP contribution in [0.25, 0.3) is 82.8 Å². The van der Waals surface area contributed by atoms with Gasteiger partial charge in [0.15, 0.2) is 0 Å². The second kappa shape index (κ2) is 16.0. The Labute approximate surface area is 406 Å². The fraction of sp³-hybridized carbons (Fsp3) is 0.0149. The highest BCUT2D eigenvalue weighted by Gasteiger charge is 2.46. The van der Waals surface area contributed by atoms with Crippen molar-refractivity contribution in [1.29, 1.82) is 0 Å². The first-order valence-corrected chi connectivity index (χ1v) is 24.1. The molecule has 0 fully saturated rings. The average Bonchev–Trinajstić information content (AvgIpc) is 4.08. The molecule has 0 unspecified atom stereocenters. The summed E-state index contributed by atoms with van der Waals surface area (Å²) in [6.07, 6.45) is 0. The van der Waals surface area contributed by atoms with Crippen LogP contribution in [0.5, 0.6) is 0 Å². The molecular weight excluding hydrogens is 849 g/mol. The third kappa shape index (κ3) is 6.01. The van der Waals surface area contributed by atoms with Crippen molar-refractivity contribution in [3.63, 3.8) is 0 Å². The van der Waals surface area contributed by atoms with E-state index in [9.17, 15) is 0 Å². The number of anilines is 3. The molecule has 0 radical (unpaired) electrons. The molecule has 0 aliphatic heterocycles. The molecule has 14 rings (SSSR count). The number of rotatable bonds is 8. The van der Waals surface area contributed by atoms with Gasteiger partial charge in [-0.25, -0.2) is 0 Å². The van der Waals surface area contributed by atoms with Crippen molar-refractivity contribution in [1.82, 2.24) is 4.57 Å². The normalized spacial score (nSPS) is 12.7. The first kappa shape index (κ1) is 39.9. The third-order valence-electron chi connectivity index (χ3n) is 14.7. The molecule has 0 amide bonds. The molecule has 70 heavy (non-hydrogen) atoms. The first-order valence-electron chi connectivity index (χ1n) is 24.1. The zero-order valence-corrected chi connectivity index (χ0v) is 38.2. The lowest BCUT2D eigenvalue weighted by atomic mass is 9.67. The zero-order chi connectivity index (χ0) is 46.2. The molecule has 0 spiro atoms. The number of nitrogens with zero attached hydrogens (tertiary/aromatic N) is 2. The molecule has 0 atom stereocenters. The van der Waals surface area contributed by atoms with Gasteiger partial charge in [-0.1, -0.05) is 194 Å². The van der Waals surface area contributed by atoms with E-state index in [1.54, 1.807) is 0 Å². The highest BCUT2D eigenvalue weighted by atomic mass is 16.3. The molecular formula is C67H44N2O. The van der Waals surface area contributed by atoms with Crippen LogP contribution in [0.4, 0.5) is 17.1 Å². The predicted molar refractivity (Wildman–Crippen MR) is 291 cm³/mol. The van der Waals surface area contributed by atoms with E-state index >= 15 is 0 Å². The lowest BCUT2D eigenvalue weighted by Crippen LogP contribution is -2.28. The maximum absolute atomic E-state index is 6.84. The second-order valence-electron chi connectivity index (χ2n) is 18.4. The SMILES string of the molecule is c1ccc(-c2ccccc2N(c2ccc3c(c2)C(c2ccccc2)(c2ccccc2)c2ccccc2-3)c2cccc3oc4ccc(-c5ccc6c(c5)c5ccccc5n6-c5ccccc5)cc4c23)cc1. The van der Waals surface area contributed by atoms with Gasteiger partial charge in [-0.05, 0) is 123 Å². The van der Waals surface area contributed by atoms with Gasteiger partial charge in [0, 0.05) is 33.1 Å². The van der Waals surface area contributed by atoms with Gasteiger partial charge in [-0.3, -0.25) is 0 Å². The van der Waals surface area contributed by atoms with Crippen molar-refractivity contribution in [3.8, 4) is 39.1 Å². The van der Waals surface area contributed by atoms with Crippen LogP contribution < -0.4 is 4.90 Å². The minimum atomic E-state index is -0.563. The Kier molecular flexibility index (Phi) is 9.11. The van der Waals surface area contributed by atoms with Crippen LogP contribution in [0.1, 0.15) is 22.3 Å². The summed E-state index contributed by atoms with van der Waals surface area (Å²) >= 11 is 0. The molecule has 11 aromatic carbocycles. The third-order valence-corrected chi connectivity index (χ3v) is 14.7. The molecule has 0 saturated carbocycles. The maximum atomic E-state index is 6.84. The largest absolute Gasteiger partial charge is 0.456 e. The van der Waals surface area contributed by atoms with E-state index in [1.807, 2.05) is 0 Å². The smallest absolute Gasteiger partial charge is 0.137 e. The molecule has 1 aliphatic carbocycles. The Hall–Kier alpha value is -9.18. The Balaban J connectivity index is 1.01. The Morgan fingerprint density at radius 3 is 1.70 bits per heavy atom. The maximum Gasteiger partial charge on any atom is 0.137 e. The predicted octanol–water partition coefficient (Wildman–Crippen LogP) is 17.8. The highest BCUT2D eigenvalue weighted by Crippen LogP contribution is 2.58. The van der Waals surface area contributed by atoms with Gasteiger partial charge in [0.25, 0.3) is 0 Å². The first-order chi connectivity index (χ1) is 34.7. The number of para-hydroxylation sites is 3. The molecule has 2 aromatic heterocycles. The van der Waals surface area contributed by atoms with Crippen molar-refractivity contribution in [3.05, 3.63) is 289 Å². The Bertz CT molecular complexity index is 4070. The topological polar surface area (TPSA) is 21.3 Å². The standard InChI is InChI=1S/C67H44N2O/c1-5-20-45(21-6-1)52-28-14-17-32-60(52)69(51-38-39-54-53-29-13-16-31-58(53)67(59(54)44-51,48-22-7-2-8-23-48)49-24-9-3-10-25-49)63-34-19-35-65-66(63)57-43-47(37-41-64(57)70-65)46-36-40-62-56(42-46)55-30-15-18-33-61(55)68(62)50-26-11-4-12-27-50/h1-44H. The average molecular weight is 893 g/mol. The summed E-state index contributed by atoms with van der Waals surface area (Å²) in [5.41, 5.74) is 19.9. The van der Waals surface area contributed by atoms with Crippen LogP contribution in [0, 0.1) is 0 Å². The van der Waals surface area contributed by atoms with Gasteiger partial charge in [0.05, 0.1) is 33.2 Å². The van der Waals surface area contributed by atoms with Gasteiger partial charge in [-0.15, -0.1) is 0 Å². The van der Waals surface area contributed by atoms with Crippen LogP contribution in [0.15, 0.2) is 271 Å². The van der Waals surface area contributed by atoms with Crippen LogP contribution in [-0.4, -0.2) is 4.57 Å². The van der Waals surface area contributed by atoms with Gasteiger partial charge in [0.1, 0.15) is 11.2 Å². The number of aromatic nitrogens is 1. The molecule has 1 aliphatic rings. The number of hydrogen-bond donors (Lipinski definition) is 0. The van der Waals surface area contributed by atoms with E-state index in [4.69, 9.17) is 4.42 Å². The van der Waals surface area contributed by atoms with E-state index in [2.05, 4.69) is 276 Å². The summed E-state index contributed by atoms with van der Waals surface area (Å²) in [4.78, 5) is 2.47. The fourth-order valence-corrected chi connectivity index (χ4v) is 11.7. The number of benzene rings is 11. The summed E-state index contributed by atoms with van der Waals surface area (Å²) in [7, 11) is 0. The Morgan fingerprint density at radius 1 is 0.343 bits per heavy atom. The molecule has 3 nitrogen and oxygen atoms in total. The minimum Gasteiger partial charge on any atom is -0.456 e. The fourth-order valence-electron chi connectivity index (χ4n) is 11.7. The van der Waals surface area contributed by atoms with Crippen molar-refractivity contribution >= 4 is 60.8 Å². The lowest BCUT2D eigenvalue weighted by Gasteiger charge is -2.35. The van der Waals surface area contributed by atoms with Crippen molar-refractivity contribution in [2.45, 2.75) is 5.41 Å². The molecule has 0 bridgehead atoms. The number of hydrogen-bond acceptors (Lipinski definition) is 2. The summed E-state index contributed by atoms with van der Waals surface area (Å²) in [6, 6.07) is 97.3. The minimum absolute atomic E-state index is 0.563. The van der Waals surface area contributed by atoms with Crippen LogP contribution in [0.2, 0.25) is 0 Å². The van der Waals surface area contributed by atoms with Crippen LogP contribution in [-0.2, 0) is 5.41 Å². The Morgan fingerprint density at radius 2 is 0.929 bits per heavy atom. The van der Waals surface area contributed by atoms with Gasteiger partial charge < -0.3 is 13.9 Å².